The first kappa shape index (κ1) is 14.4. The Labute approximate surface area is 126 Å². The first-order valence-electron chi connectivity index (χ1n) is 7.04. The van der Waals surface area contributed by atoms with E-state index in [9.17, 15) is 19.2 Å². The average Bonchev–Trinajstić information content (AvgIpc) is 2.49. The second-order valence-electron chi connectivity index (χ2n) is 5.36. The maximum atomic E-state index is 12.6. The lowest BCUT2D eigenvalue weighted by molar-refractivity contribution is -0.143. The Morgan fingerprint density at radius 1 is 1.23 bits per heavy atom. The van der Waals surface area contributed by atoms with Crippen molar-refractivity contribution in [3.05, 3.63) is 34.9 Å². The highest BCUT2D eigenvalue weighted by molar-refractivity contribution is 6.13. The number of hydrogen-bond acceptors (Lipinski definition) is 5. The quantitative estimate of drug-likeness (QED) is 0.714. The van der Waals surface area contributed by atoms with Crippen molar-refractivity contribution in [2.45, 2.75) is 31.8 Å². The molecular formula is C15H15N3O4. The zero-order valence-electron chi connectivity index (χ0n) is 11.8. The summed E-state index contributed by atoms with van der Waals surface area (Å²) >= 11 is 0. The lowest BCUT2D eigenvalue weighted by atomic mass is 9.91. The summed E-state index contributed by atoms with van der Waals surface area (Å²) in [6.45, 7) is 0.238. The van der Waals surface area contributed by atoms with Gasteiger partial charge in [-0.2, -0.15) is 0 Å². The van der Waals surface area contributed by atoms with Crippen molar-refractivity contribution in [2.24, 2.45) is 5.73 Å². The van der Waals surface area contributed by atoms with Crippen LogP contribution >= 0.6 is 0 Å². The number of amides is 4. The van der Waals surface area contributed by atoms with Gasteiger partial charge in [0.25, 0.3) is 5.91 Å². The molecule has 1 unspecified atom stereocenters. The van der Waals surface area contributed by atoms with Crippen LogP contribution in [0.2, 0.25) is 0 Å². The topological polar surface area (TPSA) is 110 Å². The molecule has 1 fully saturated rings. The van der Waals surface area contributed by atoms with Crippen molar-refractivity contribution < 1.29 is 19.2 Å². The molecule has 22 heavy (non-hydrogen) atoms. The summed E-state index contributed by atoms with van der Waals surface area (Å²) < 4.78 is 0. The van der Waals surface area contributed by atoms with Gasteiger partial charge in [0.2, 0.25) is 17.7 Å². The van der Waals surface area contributed by atoms with Gasteiger partial charge in [0.05, 0.1) is 6.42 Å². The fourth-order valence-electron chi connectivity index (χ4n) is 2.96. The molecular weight excluding hydrogens is 286 g/mol. The van der Waals surface area contributed by atoms with Crippen LogP contribution in [0.3, 0.4) is 0 Å². The smallest absolute Gasteiger partial charge is 0.261 e. The third-order valence-corrected chi connectivity index (χ3v) is 4.06. The van der Waals surface area contributed by atoms with Crippen LogP contribution in [0.25, 0.3) is 0 Å². The van der Waals surface area contributed by atoms with Crippen LogP contribution in [-0.4, -0.2) is 34.6 Å². The summed E-state index contributed by atoms with van der Waals surface area (Å²) in [4.78, 5) is 49.1. The van der Waals surface area contributed by atoms with Crippen molar-refractivity contribution in [3.8, 4) is 0 Å². The molecule has 2 heterocycles. The third kappa shape index (κ3) is 2.19. The van der Waals surface area contributed by atoms with E-state index in [0.717, 1.165) is 10.5 Å². The molecule has 7 nitrogen and oxygen atoms in total. The molecule has 3 rings (SSSR count). The van der Waals surface area contributed by atoms with Gasteiger partial charge in [-0.15, -0.1) is 0 Å². The van der Waals surface area contributed by atoms with Gasteiger partial charge in [-0.1, -0.05) is 12.1 Å². The molecule has 2 aliphatic heterocycles. The molecule has 1 aromatic rings. The van der Waals surface area contributed by atoms with E-state index in [4.69, 9.17) is 5.73 Å². The maximum Gasteiger partial charge on any atom is 0.261 e. The lowest BCUT2D eigenvalue weighted by Gasteiger charge is -2.35. The molecule has 0 spiro atoms. The summed E-state index contributed by atoms with van der Waals surface area (Å²) in [7, 11) is 0. The van der Waals surface area contributed by atoms with Crippen LogP contribution in [0.1, 0.15) is 34.3 Å². The van der Waals surface area contributed by atoms with Crippen LogP contribution in [0.4, 0.5) is 0 Å². The van der Waals surface area contributed by atoms with Gasteiger partial charge in [0.1, 0.15) is 6.04 Å². The van der Waals surface area contributed by atoms with Crippen LogP contribution in [0, 0.1) is 0 Å². The van der Waals surface area contributed by atoms with Gasteiger partial charge >= 0.3 is 0 Å². The molecule has 4 amide bonds. The van der Waals surface area contributed by atoms with Crippen molar-refractivity contribution >= 4 is 23.6 Å². The number of nitrogens with one attached hydrogen (secondary N) is 1. The van der Waals surface area contributed by atoms with Gasteiger partial charge in [-0.25, -0.2) is 0 Å². The highest BCUT2D eigenvalue weighted by Gasteiger charge is 2.41. The number of nitrogens with zero attached hydrogens (tertiary/aromatic N) is 1. The fraction of sp³-hybridized carbons (Fsp3) is 0.333. The van der Waals surface area contributed by atoms with Crippen LogP contribution in [-0.2, 0) is 27.3 Å². The number of carbonyl (C=O) groups excluding carboxylic acids is 4. The number of imide groups is 2. The number of nitrogens with two attached hydrogens (primary N) is 1. The lowest BCUT2D eigenvalue weighted by Crippen LogP contribution is -2.58. The number of rotatable bonds is 2. The molecule has 7 heteroatoms. The SMILES string of the molecule is NCc1cccc2c1CC(=O)N(C1CCC(=O)NC1=O)C2=O. The molecule has 0 saturated carbocycles. The molecule has 2 aliphatic rings. The minimum absolute atomic E-state index is 0.0339. The number of benzene rings is 1. The predicted octanol–water partition coefficient (Wildman–Crippen LogP) is -0.525. The van der Waals surface area contributed by atoms with Gasteiger partial charge in [0.15, 0.2) is 0 Å². The zero-order valence-corrected chi connectivity index (χ0v) is 11.8. The van der Waals surface area contributed by atoms with E-state index in [1.807, 2.05) is 0 Å². The molecule has 1 aromatic carbocycles. The van der Waals surface area contributed by atoms with Crippen molar-refractivity contribution in [1.82, 2.24) is 10.2 Å². The van der Waals surface area contributed by atoms with Crippen molar-refractivity contribution in [3.63, 3.8) is 0 Å². The average molecular weight is 301 g/mol. The monoisotopic (exact) mass is 301 g/mol. The number of fused-ring (bicyclic) bond motifs is 1. The van der Waals surface area contributed by atoms with E-state index >= 15 is 0 Å². The van der Waals surface area contributed by atoms with Gasteiger partial charge in [-0.3, -0.25) is 29.4 Å². The highest BCUT2D eigenvalue weighted by atomic mass is 16.2. The Balaban J connectivity index is 1.98. The Hall–Kier alpha value is -2.54. The van der Waals surface area contributed by atoms with Gasteiger partial charge in [0, 0.05) is 18.5 Å². The molecule has 3 N–H and O–H groups in total. The van der Waals surface area contributed by atoms with Gasteiger partial charge < -0.3 is 5.73 Å². The first-order chi connectivity index (χ1) is 10.5. The van der Waals surface area contributed by atoms with Crippen molar-refractivity contribution in [2.75, 3.05) is 0 Å². The minimum atomic E-state index is -0.924. The van der Waals surface area contributed by atoms with E-state index in [0.29, 0.717) is 11.1 Å². The number of carbonyl (C=O) groups is 4. The summed E-state index contributed by atoms with van der Waals surface area (Å²) in [6, 6.07) is 4.19. The second-order valence-corrected chi connectivity index (χ2v) is 5.36. The first-order valence-corrected chi connectivity index (χ1v) is 7.04. The largest absolute Gasteiger partial charge is 0.326 e. The second kappa shape index (κ2) is 5.34. The Bertz CT molecular complexity index is 698. The maximum absolute atomic E-state index is 12.6. The van der Waals surface area contributed by atoms with Crippen LogP contribution in [0.15, 0.2) is 18.2 Å². The molecule has 0 aliphatic carbocycles. The third-order valence-electron chi connectivity index (χ3n) is 4.06. The Kier molecular flexibility index (Phi) is 3.50. The summed E-state index contributed by atoms with van der Waals surface area (Å²) in [6.07, 6.45) is 0.309. The zero-order chi connectivity index (χ0) is 15.9. The van der Waals surface area contributed by atoms with E-state index < -0.39 is 23.8 Å². The van der Waals surface area contributed by atoms with Crippen LogP contribution < -0.4 is 11.1 Å². The van der Waals surface area contributed by atoms with Gasteiger partial charge in [-0.05, 0) is 23.6 Å². The molecule has 0 bridgehead atoms. The van der Waals surface area contributed by atoms with Crippen LogP contribution in [0.5, 0.6) is 0 Å². The number of hydrogen-bond donors (Lipinski definition) is 2. The fourth-order valence-corrected chi connectivity index (χ4v) is 2.96. The predicted molar refractivity (Wildman–Crippen MR) is 75.4 cm³/mol. The summed E-state index contributed by atoms with van der Waals surface area (Å²) in [5.74, 6) is -1.93. The normalized spacial score (nSPS) is 21.7. The van der Waals surface area contributed by atoms with E-state index in [1.54, 1.807) is 18.2 Å². The standard InChI is InChI=1S/C15H15N3O4/c16-7-8-2-1-3-9-10(8)6-13(20)18(15(9)22)11-4-5-12(19)17-14(11)21/h1-3,11H,4-7,16H2,(H,17,19,21). The Morgan fingerprint density at radius 2 is 2.00 bits per heavy atom. The highest BCUT2D eigenvalue weighted by Crippen LogP contribution is 2.26. The van der Waals surface area contributed by atoms with Crippen molar-refractivity contribution in [1.29, 1.82) is 0 Å². The Morgan fingerprint density at radius 3 is 2.68 bits per heavy atom. The minimum Gasteiger partial charge on any atom is -0.326 e. The number of piperidine rings is 1. The summed E-state index contributed by atoms with van der Waals surface area (Å²) in [5.41, 5.74) is 7.42. The molecule has 1 atom stereocenters. The van der Waals surface area contributed by atoms with E-state index in [1.165, 1.54) is 0 Å². The molecule has 114 valence electrons. The van der Waals surface area contributed by atoms with E-state index in [2.05, 4.69) is 5.32 Å². The molecule has 0 radical (unpaired) electrons. The summed E-state index contributed by atoms with van der Waals surface area (Å²) in [5, 5.41) is 2.17. The molecule has 1 saturated heterocycles. The van der Waals surface area contributed by atoms with E-state index in [-0.39, 0.29) is 31.7 Å². The molecule has 0 aromatic heterocycles.